The van der Waals surface area contributed by atoms with Crippen molar-refractivity contribution in [2.45, 2.75) is 38.3 Å². The number of rotatable bonds is 3. The number of nitrogens with two attached hydrogens (primary N) is 1. The lowest BCUT2D eigenvalue weighted by Gasteiger charge is -2.17. The van der Waals surface area contributed by atoms with Crippen molar-refractivity contribution in [3.8, 4) is 0 Å². The molecule has 82 valence electrons. The van der Waals surface area contributed by atoms with E-state index in [1.54, 1.807) is 0 Å². The molecular formula is C11H16N2O2. The molecule has 0 saturated carbocycles. The first-order chi connectivity index (χ1) is 7.18. The van der Waals surface area contributed by atoms with Crippen molar-refractivity contribution in [1.29, 1.82) is 0 Å². The first-order valence-corrected chi connectivity index (χ1v) is 5.34. The Morgan fingerprint density at radius 3 is 3.13 bits per heavy atom. The van der Waals surface area contributed by atoms with Crippen LogP contribution < -0.4 is 5.73 Å². The van der Waals surface area contributed by atoms with Crippen LogP contribution in [0.5, 0.6) is 0 Å². The number of aryl methyl sites for hydroxylation is 1. The molecule has 0 bridgehead atoms. The maximum Gasteiger partial charge on any atom is 0.320 e. The van der Waals surface area contributed by atoms with Crippen LogP contribution in [0.3, 0.4) is 0 Å². The Labute approximate surface area is 88.7 Å². The van der Waals surface area contributed by atoms with Crippen LogP contribution in [0.15, 0.2) is 12.3 Å². The summed E-state index contributed by atoms with van der Waals surface area (Å²) in [6.07, 6.45) is 5.94. The van der Waals surface area contributed by atoms with Crippen LogP contribution in [-0.2, 0) is 24.2 Å². The van der Waals surface area contributed by atoms with Crippen molar-refractivity contribution < 1.29 is 9.90 Å². The molecule has 1 aromatic rings. The lowest BCUT2D eigenvalue weighted by atomic mass is 10.0. The zero-order valence-corrected chi connectivity index (χ0v) is 8.65. The summed E-state index contributed by atoms with van der Waals surface area (Å²) in [4.78, 5) is 10.7. The Kier molecular flexibility index (Phi) is 2.77. The molecule has 1 aliphatic rings. The average molecular weight is 208 g/mol. The van der Waals surface area contributed by atoms with E-state index in [9.17, 15) is 4.79 Å². The van der Waals surface area contributed by atoms with Gasteiger partial charge in [0.05, 0.1) is 0 Å². The first-order valence-electron chi connectivity index (χ1n) is 5.34. The predicted octanol–water partition coefficient (Wildman–Crippen LogP) is 0.779. The smallest absolute Gasteiger partial charge is 0.320 e. The van der Waals surface area contributed by atoms with Crippen molar-refractivity contribution in [3.63, 3.8) is 0 Å². The third-order valence-electron chi connectivity index (χ3n) is 2.99. The van der Waals surface area contributed by atoms with Crippen LogP contribution in [-0.4, -0.2) is 21.7 Å². The van der Waals surface area contributed by atoms with Crippen molar-refractivity contribution >= 4 is 5.97 Å². The molecule has 2 heterocycles. The summed E-state index contributed by atoms with van der Waals surface area (Å²) in [6, 6.07) is 1.22. The molecule has 1 aliphatic heterocycles. The maximum absolute atomic E-state index is 10.7. The third-order valence-corrected chi connectivity index (χ3v) is 2.99. The highest BCUT2D eigenvalue weighted by molar-refractivity contribution is 5.73. The highest BCUT2D eigenvalue weighted by Gasteiger charge is 2.18. The second-order valence-electron chi connectivity index (χ2n) is 4.09. The minimum absolute atomic E-state index is 0.442. The van der Waals surface area contributed by atoms with E-state index in [0.29, 0.717) is 6.42 Å². The van der Waals surface area contributed by atoms with E-state index < -0.39 is 12.0 Å². The van der Waals surface area contributed by atoms with Crippen LogP contribution in [0.4, 0.5) is 0 Å². The Morgan fingerprint density at radius 2 is 2.40 bits per heavy atom. The van der Waals surface area contributed by atoms with Gasteiger partial charge < -0.3 is 15.4 Å². The summed E-state index contributed by atoms with van der Waals surface area (Å²) in [7, 11) is 0. The molecule has 2 rings (SSSR count). The number of aromatic nitrogens is 1. The number of hydrogen-bond donors (Lipinski definition) is 2. The highest BCUT2D eigenvalue weighted by atomic mass is 16.4. The van der Waals surface area contributed by atoms with Crippen LogP contribution >= 0.6 is 0 Å². The van der Waals surface area contributed by atoms with E-state index in [2.05, 4.69) is 4.57 Å². The summed E-state index contributed by atoms with van der Waals surface area (Å²) in [6.45, 7) is 1.05. The normalized spacial score (nSPS) is 17.1. The summed E-state index contributed by atoms with van der Waals surface area (Å²) in [5.41, 5.74) is 7.91. The number of carboxylic acid groups (broad SMARTS) is 1. The number of carboxylic acids is 1. The van der Waals surface area contributed by atoms with Crippen molar-refractivity contribution in [2.75, 3.05) is 0 Å². The topological polar surface area (TPSA) is 68.2 Å². The largest absolute Gasteiger partial charge is 0.480 e. The van der Waals surface area contributed by atoms with Gasteiger partial charge in [-0.1, -0.05) is 0 Å². The van der Waals surface area contributed by atoms with E-state index >= 15 is 0 Å². The van der Waals surface area contributed by atoms with Gasteiger partial charge in [0.25, 0.3) is 0 Å². The Balaban J connectivity index is 2.15. The molecule has 15 heavy (non-hydrogen) atoms. The standard InChI is InChI=1S/C11H16N2O2/c12-9(11(14)15)7-8-4-6-13-5-2-1-3-10(8)13/h4,6,9H,1-3,5,7,12H2,(H,14,15). The zero-order chi connectivity index (χ0) is 10.8. The second-order valence-corrected chi connectivity index (χ2v) is 4.09. The van der Waals surface area contributed by atoms with Gasteiger partial charge in [-0.15, -0.1) is 0 Å². The molecule has 0 fully saturated rings. The highest BCUT2D eigenvalue weighted by Crippen LogP contribution is 2.20. The molecule has 1 atom stereocenters. The molecule has 0 aliphatic carbocycles. The molecule has 1 unspecified atom stereocenters. The van der Waals surface area contributed by atoms with Gasteiger partial charge in [0.15, 0.2) is 0 Å². The van der Waals surface area contributed by atoms with Crippen molar-refractivity contribution in [3.05, 3.63) is 23.5 Å². The molecule has 4 nitrogen and oxygen atoms in total. The number of fused-ring (bicyclic) bond motifs is 1. The van der Waals surface area contributed by atoms with Gasteiger partial charge in [0, 0.05) is 18.4 Å². The minimum atomic E-state index is -0.925. The lowest BCUT2D eigenvalue weighted by Crippen LogP contribution is -2.32. The van der Waals surface area contributed by atoms with Crippen LogP contribution in [0.25, 0.3) is 0 Å². The fourth-order valence-corrected chi connectivity index (χ4v) is 2.15. The van der Waals surface area contributed by atoms with E-state index in [1.165, 1.54) is 18.5 Å². The van der Waals surface area contributed by atoms with Gasteiger partial charge >= 0.3 is 5.97 Å². The number of hydrogen-bond acceptors (Lipinski definition) is 2. The third kappa shape index (κ3) is 2.04. The van der Waals surface area contributed by atoms with Gasteiger partial charge in [-0.2, -0.15) is 0 Å². The Morgan fingerprint density at radius 1 is 1.60 bits per heavy atom. The van der Waals surface area contributed by atoms with E-state index in [0.717, 1.165) is 18.5 Å². The second kappa shape index (κ2) is 4.06. The number of aliphatic carboxylic acids is 1. The molecule has 0 radical (unpaired) electrons. The summed E-state index contributed by atoms with van der Waals surface area (Å²) in [5.74, 6) is -0.925. The van der Waals surface area contributed by atoms with Gasteiger partial charge in [0.1, 0.15) is 6.04 Å². The SMILES string of the molecule is NC(Cc1ccn2c1CCCC2)C(=O)O. The lowest BCUT2D eigenvalue weighted by molar-refractivity contribution is -0.138. The van der Waals surface area contributed by atoms with Crippen molar-refractivity contribution in [2.24, 2.45) is 5.73 Å². The molecule has 0 amide bonds. The summed E-state index contributed by atoms with van der Waals surface area (Å²) < 4.78 is 2.22. The van der Waals surface area contributed by atoms with E-state index in [4.69, 9.17) is 10.8 Å². The Bertz CT molecular complexity index is 371. The van der Waals surface area contributed by atoms with Crippen molar-refractivity contribution in [1.82, 2.24) is 4.57 Å². The monoisotopic (exact) mass is 208 g/mol. The molecule has 0 saturated heterocycles. The maximum atomic E-state index is 10.7. The fraction of sp³-hybridized carbons (Fsp3) is 0.545. The van der Waals surface area contributed by atoms with Gasteiger partial charge in [0.2, 0.25) is 0 Å². The van der Waals surface area contributed by atoms with Gasteiger partial charge in [-0.3, -0.25) is 4.79 Å². The average Bonchev–Trinajstić information content (AvgIpc) is 2.62. The molecular weight excluding hydrogens is 192 g/mol. The summed E-state index contributed by atoms with van der Waals surface area (Å²) in [5, 5.41) is 8.75. The zero-order valence-electron chi connectivity index (χ0n) is 8.65. The van der Waals surface area contributed by atoms with Gasteiger partial charge in [-0.25, -0.2) is 0 Å². The van der Waals surface area contributed by atoms with Crippen LogP contribution in [0, 0.1) is 0 Å². The molecule has 4 heteroatoms. The minimum Gasteiger partial charge on any atom is -0.480 e. The van der Waals surface area contributed by atoms with Crippen LogP contribution in [0.2, 0.25) is 0 Å². The van der Waals surface area contributed by atoms with E-state index in [1.807, 2.05) is 12.3 Å². The molecule has 0 spiro atoms. The predicted molar refractivity (Wildman–Crippen MR) is 56.7 cm³/mol. The number of carbonyl (C=O) groups is 1. The van der Waals surface area contributed by atoms with Gasteiger partial charge in [-0.05, 0) is 37.3 Å². The quantitative estimate of drug-likeness (QED) is 0.771. The summed E-state index contributed by atoms with van der Waals surface area (Å²) >= 11 is 0. The molecule has 3 N–H and O–H groups in total. The van der Waals surface area contributed by atoms with Crippen LogP contribution in [0.1, 0.15) is 24.1 Å². The Hall–Kier alpha value is -1.29. The van der Waals surface area contributed by atoms with E-state index in [-0.39, 0.29) is 0 Å². The first kappa shape index (κ1) is 10.2. The fourth-order valence-electron chi connectivity index (χ4n) is 2.15. The molecule has 1 aromatic heterocycles. The molecule has 0 aromatic carbocycles. The number of nitrogens with zero attached hydrogens (tertiary/aromatic N) is 1.